The van der Waals surface area contributed by atoms with E-state index in [-0.39, 0.29) is 19.2 Å². The van der Waals surface area contributed by atoms with Gasteiger partial charge in [-0.15, -0.1) is 0 Å². The van der Waals surface area contributed by atoms with Crippen LogP contribution >= 0.6 is 0 Å². The lowest BCUT2D eigenvalue weighted by Gasteiger charge is -2.39. The lowest BCUT2D eigenvalue weighted by molar-refractivity contribution is -0.305. The van der Waals surface area contributed by atoms with E-state index < -0.39 is 43.4 Å². The molecule has 1 heterocycles. The van der Waals surface area contributed by atoms with Crippen LogP contribution in [0.15, 0.2) is 24.3 Å². The Morgan fingerprint density at radius 1 is 0.762 bits per heavy atom. The van der Waals surface area contributed by atoms with E-state index in [0.717, 1.165) is 38.5 Å². The molecule has 1 aliphatic rings. The minimum Gasteiger partial charge on any atom is -0.457 e. The normalized spacial score (nSPS) is 23.6. The zero-order valence-corrected chi connectivity index (χ0v) is 26.2. The number of carbonyl (C=O) groups excluding carboxylic acids is 1. The number of hydrogen-bond acceptors (Lipinski definition) is 9. The Morgan fingerprint density at radius 2 is 1.38 bits per heavy atom. The van der Waals surface area contributed by atoms with Gasteiger partial charge >= 0.3 is 5.97 Å². The molecule has 0 radical (unpaired) electrons. The number of aliphatic hydroxyl groups is 4. The lowest BCUT2D eigenvalue weighted by atomic mass is 9.99. The fourth-order valence-corrected chi connectivity index (χ4v) is 4.67. The molecule has 6 atom stereocenters. The zero-order chi connectivity index (χ0) is 30.8. The van der Waals surface area contributed by atoms with Crippen molar-refractivity contribution < 1.29 is 44.2 Å². The van der Waals surface area contributed by atoms with Crippen LogP contribution in [0.1, 0.15) is 117 Å². The number of ether oxygens (including phenoxy) is 4. The number of rotatable bonds is 26. The number of allylic oxidation sites excluding steroid dienone is 4. The summed E-state index contributed by atoms with van der Waals surface area (Å²) >= 11 is 0. The summed E-state index contributed by atoms with van der Waals surface area (Å²) < 4.78 is 22.2. The Morgan fingerprint density at radius 3 is 2.02 bits per heavy atom. The number of unbranched alkanes of at least 4 members (excludes halogenated alkanes) is 11. The van der Waals surface area contributed by atoms with Crippen LogP contribution in [0.5, 0.6) is 0 Å². The zero-order valence-electron chi connectivity index (χ0n) is 26.2. The van der Waals surface area contributed by atoms with Crippen molar-refractivity contribution in [1.29, 1.82) is 0 Å². The molecule has 246 valence electrons. The van der Waals surface area contributed by atoms with Crippen molar-refractivity contribution in [1.82, 2.24) is 0 Å². The van der Waals surface area contributed by atoms with E-state index in [1.165, 1.54) is 51.4 Å². The van der Waals surface area contributed by atoms with Crippen molar-refractivity contribution in [2.75, 3.05) is 26.4 Å². The van der Waals surface area contributed by atoms with E-state index in [2.05, 4.69) is 31.2 Å². The lowest BCUT2D eigenvalue weighted by Crippen LogP contribution is -2.59. The highest BCUT2D eigenvalue weighted by atomic mass is 16.7. The molecule has 1 saturated heterocycles. The molecule has 1 aliphatic heterocycles. The molecule has 0 saturated carbocycles. The first-order chi connectivity index (χ1) is 20.4. The summed E-state index contributed by atoms with van der Waals surface area (Å²) in [7, 11) is 0. The molecular weight excluding hydrogens is 540 g/mol. The molecule has 42 heavy (non-hydrogen) atoms. The van der Waals surface area contributed by atoms with Crippen molar-refractivity contribution in [2.24, 2.45) is 0 Å². The topological polar surface area (TPSA) is 135 Å². The van der Waals surface area contributed by atoms with Crippen LogP contribution in [0.2, 0.25) is 0 Å². The predicted molar refractivity (Wildman–Crippen MR) is 164 cm³/mol. The third kappa shape index (κ3) is 18.4. The molecule has 1 rings (SSSR count). The van der Waals surface area contributed by atoms with Crippen LogP contribution in [-0.2, 0) is 23.7 Å². The highest BCUT2D eigenvalue weighted by molar-refractivity contribution is 5.69. The smallest absolute Gasteiger partial charge is 0.306 e. The van der Waals surface area contributed by atoms with Gasteiger partial charge in [-0.2, -0.15) is 0 Å². The molecule has 0 bridgehead atoms. The van der Waals surface area contributed by atoms with E-state index in [9.17, 15) is 25.2 Å². The van der Waals surface area contributed by atoms with Gasteiger partial charge in [-0.3, -0.25) is 4.79 Å². The van der Waals surface area contributed by atoms with E-state index in [4.69, 9.17) is 18.9 Å². The summed E-state index contributed by atoms with van der Waals surface area (Å²) in [5.41, 5.74) is 0. The van der Waals surface area contributed by atoms with E-state index in [0.29, 0.717) is 19.4 Å². The number of aliphatic hydroxyl groups excluding tert-OH is 4. The number of hydrogen-bond donors (Lipinski definition) is 4. The second-order valence-corrected chi connectivity index (χ2v) is 11.3. The highest BCUT2D eigenvalue weighted by Crippen LogP contribution is 2.22. The molecule has 0 aromatic heterocycles. The Balaban J connectivity index is 2.20. The summed E-state index contributed by atoms with van der Waals surface area (Å²) in [5, 5.41) is 39.5. The maximum absolute atomic E-state index is 12.2. The van der Waals surface area contributed by atoms with Gasteiger partial charge in [0.25, 0.3) is 0 Å². The first-order valence-electron chi connectivity index (χ1n) is 16.4. The van der Waals surface area contributed by atoms with Gasteiger partial charge in [0.05, 0.1) is 19.8 Å². The Kier molecular flexibility index (Phi) is 24.1. The molecule has 9 heteroatoms. The van der Waals surface area contributed by atoms with E-state index in [1.807, 2.05) is 6.92 Å². The average Bonchev–Trinajstić information content (AvgIpc) is 2.99. The highest BCUT2D eigenvalue weighted by Gasteiger charge is 2.44. The van der Waals surface area contributed by atoms with Crippen molar-refractivity contribution in [3.05, 3.63) is 24.3 Å². The fraction of sp³-hybridized carbons (Fsp3) is 0.848. The van der Waals surface area contributed by atoms with Gasteiger partial charge in [0, 0.05) is 13.0 Å². The van der Waals surface area contributed by atoms with Gasteiger partial charge in [-0.1, -0.05) is 89.5 Å². The molecule has 1 fully saturated rings. The molecule has 6 unspecified atom stereocenters. The fourth-order valence-electron chi connectivity index (χ4n) is 4.67. The molecule has 0 aromatic carbocycles. The first kappa shape index (κ1) is 38.7. The maximum atomic E-state index is 12.2. The largest absolute Gasteiger partial charge is 0.457 e. The summed E-state index contributed by atoms with van der Waals surface area (Å²) in [4.78, 5) is 12.2. The number of esters is 1. The first-order valence-corrected chi connectivity index (χ1v) is 16.4. The van der Waals surface area contributed by atoms with Crippen LogP contribution in [0.25, 0.3) is 0 Å². The van der Waals surface area contributed by atoms with Gasteiger partial charge < -0.3 is 39.4 Å². The molecule has 0 spiro atoms. The van der Waals surface area contributed by atoms with E-state index in [1.54, 1.807) is 0 Å². The summed E-state index contributed by atoms with van der Waals surface area (Å²) in [6, 6.07) is 0. The second-order valence-electron chi connectivity index (χ2n) is 11.3. The van der Waals surface area contributed by atoms with Crippen LogP contribution in [0.3, 0.4) is 0 Å². The van der Waals surface area contributed by atoms with E-state index >= 15 is 0 Å². The summed E-state index contributed by atoms with van der Waals surface area (Å²) in [6.07, 6.45) is 18.9. The standard InChI is InChI=1S/C33H60O9/c1-3-5-7-8-9-10-11-12-13-14-15-16-17-18-19-20-21-23-39-25-27(41-29(35)22-6-4-2)26-40-33-32(38)31(37)30(36)28(24-34)42-33/h10-11,13-14,27-28,30-34,36-38H,3-9,12,15-26H2,1-2H3/b11-10-,14-13-. The molecule has 0 amide bonds. The van der Waals surface area contributed by atoms with Crippen molar-refractivity contribution in [3.63, 3.8) is 0 Å². The van der Waals surface area contributed by atoms with Gasteiger partial charge in [0.1, 0.15) is 30.5 Å². The van der Waals surface area contributed by atoms with Crippen LogP contribution in [-0.4, -0.2) is 89.6 Å². The maximum Gasteiger partial charge on any atom is 0.306 e. The predicted octanol–water partition coefficient (Wildman–Crippen LogP) is 5.13. The monoisotopic (exact) mass is 600 g/mol. The SMILES string of the molecule is CCCCCC/C=C\C/C=C\CCCCCCCCOCC(COC1OC(CO)C(O)C(O)C1O)OC(=O)CCCC. The molecular formula is C33H60O9. The van der Waals surface area contributed by atoms with Crippen molar-refractivity contribution in [2.45, 2.75) is 153 Å². The Hall–Kier alpha value is -1.33. The molecule has 0 aromatic rings. The molecule has 0 aliphatic carbocycles. The minimum absolute atomic E-state index is 0.121. The summed E-state index contributed by atoms with van der Waals surface area (Å²) in [5.74, 6) is -0.355. The second kappa shape index (κ2) is 26.1. The van der Waals surface area contributed by atoms with Crippen molar-refractivity contribution in [3.8, 4) is 0 Å². The van der Waals surface area contributed by atoms with Gasteiger partial charge in [-0.25, -0.2) is 0 Å². The molecule has 4 N–H and O–H groups in total. The Labute approximate surface area is 254 Å². The van der Waals surface area contributed by atoms with Gasteiger partial charge in [0.2, 0.25) is 0 Å². The third-order valence-electron chi connectivity index (χ3n) is 7.37. The minimum atomic E-state index is -1.53. The van der Waals surface area contributed by atoms with Crippen LogP contribution in [0.4, 0.5) is 0 Å². The van der Waals surface area contributed by atoms with Gasteiger partial charge in [-0.05, 0) is 44.9 Å². The summed E-state index contributed by atoms with van der Waals surface area (Å²) in [6.45, 7) is 4.24. The number of carbonyl (C=O) groups is 1. The van der Waals surface area contributed by atoms with Crippen molar-refractivity contribution >= 4 is 5.97 Å². The van der Waals surface area contributed by atoms with Crippen LogP contribution < -0.4 is 0 Å². The Bertz CT molecular complexity index is 697. The third-order valence-corrected chi connectivity index (χ3v) is 7.37. The van der Waals surface area contributed by atoms with Crippen LogP contribution in [0, 0.1) is 0 Å². The van der Waals surface area contributed by atoms with Gasteiger partial charge in [0.15, 0.2) is 6.29 Å². The average molecular weight is 601 g/mol. The molecule has 9 nitrogen and oxygen atoms in total. The quantitative estimate of drug-likeness (QED) is 0.0606.